The van der Waals surface area contributed by atoms with E-state index >= 15 is 0 Å². The predicted octanol–water partition coefficient (Wildman–Crippen LogP) is 3.72. The summed E-state index contributed by atoms with van der Waals surface area (Å²) in [6.07, 6.45) is 3.08. The van der Waals surface area contributed by atoms with Gasteiger partial charge in [0.2, 0.25) is 5.90 Å². The summed E-state index contributed by atoms with van der Waals surface area (Å²) in [4.78, 5) is 33.3. The predicted molar refractivity (Wildman–Crippen MR) is 131 cm³/mol. The first kappa shape index (κ1) is 25.0. The van der Waals surface area contributed by atoms with Crippen LogP contribution in [0, 0.1) is 5.41 Å². The number of alkyl carbamates (subject to hydrolysis) is 1. The van der Waals surface area contributed by atoms with Crippen LogP contribution in [0.5, 0.6) is 0 Å². The van der Waals surface area contributed by atoms with Crippen molar-refractivity contribution in [2.45, 2.75) is 70.7 Å². The second-order valence-electron chi connectivity index (χ2n) is 10.3. The molecular weight excluding hydrogens is 450 g/mol. The van der Waals surface area contributed by atoms with E-state index in [0.717, 1.165) is 31.2 Å². The summed E-state index contributed by atoms with van der Waals surface area (Å²) in [5.41, 5.74) is 0.405. The number of hydrogen-bond donors (Lipinski definition) is 1. The summed E-state index contributed by atoms with van der Waals surface area (Å²) in [6.45, 7) is 10.2. The number of benzene rings is 1. The number of carbonyl (C=O) groups excluding carboxylic acids is 2. The van der Waals surface area contributed by atoms with Crippen LogP contribution in [0.4, 0.5) is 9.59 Å². The second kappa shape index (κ2) is 10.2. The largest absolute Gasteiger partial charge is 0.476 e. The Bertz CT molecular complexity index is 957. The van der Waals surface area contributed by atoms with Gasteiger partial charge in [0, 0.05) is 13.3 Å². The summed E-state index contributed by atoms with van der Waals surface area (Å²) in [7, 11) is 0. The van der Waals surface area contributed by atoms with E-state index in [1.165, 1.54) is 0 Å². The van der Waals surface area contributed by atoms with Crippen molar-refractivity contribution in [3.05, 3.63) is 35.9 Å². The molecular formula is C25H35N5O5. The van der Waals surface area contributed by atoms with Gasteiger partial charge in [-0.15, -0.1) is 5.10 Å². The number of carbonyl (C=O) groups is 2. The van der Waals surface area contributed by atoms with Crippen molar-refractivity contribution in [3.63, 3.8) is 0 Å². The number of hydrogen-bond acceptors (Lipinski definition) is 7. The quantitative estimate of drug-likeness (QED) is 0.262. The van der Waals surface area contributed by atoms with Crippen molar-refractivity contribution >= 4 is 24.7 Å². The first-order valence-electron chi connectivity index (χ1n) is 12.1. The van der Waals surface area contributed by atoms with Gasteiger partial charge in [-0.1, -0.05) is 30.3 Å². The van der Waals surface area contributed by atoms with E-state index in [1.54, 1.807) is 30.7 Å². The minimum atomic E-state index is -0.579. The van der Waals surface area contributed by atoms with Crippen LogP contribution in [-0.4, -0.2) is 72.1 Å². The zero-order chi connectivity index (χ0) is 25.1. The van der Waals surface area contributed by atoms with Gasteiger partial charge in [-0.2, -0.15) is 10.2 Å². The van der Waals surface area contributed by atoms with Crippen LogP contribution in [0.2, 0.25) is 0 Å². The average Bonchev–Trinajstić information content (AvgIpc) is 3.62. The molecule has 0 aromatic heterocycles. The highest BCUT2D eigenvalue weighted by Gasteiger charge is 2.61. The van der Waals surface area contributed by atoms with E-state index in [4.69, 9.17) is 14.3 Å². The first-order valence-corrected chi connectivity index (χ1v) is 12.1. The van der Waals surface area contributed by atoms with Crippen molar-refractivity contribution in [2.75, 3.05) is 19.7 Å². The highest BCUT2D eigenvalue weighted by atomic mass is 16.7. The Morgan fingerprint density at radius 2 is 2.00 bits per heavy atom. The smallest absolute Gasteiger partial charge is 0.407 e. The SMILES string of the molecule is C=N/N=C(\OCCNC(=O)OC(C)(C)C)[C@@H]1CC2(CC2)[C@@H]2CCN1C(=O)N2OCc1ccccc1. The molecule has 0 unspecified atom stereocenters. The van der Waals surface area contributed by atoms with Gasteiger partial charge >= 0.3 is 12.1 Å². The van der Waals surface area contributed by atoms with Gasteiger partial charge in [0.25, 0.3) is 0 Å². The molecule has 2 bridgehead atoms. The Kier molecular flexibility index (Phi) is 7.30. The van der Waals surface area contributed by atoms with Gasteiger partial charge in [-0.05, 0) is 57.4 Å². The van der Waals surface area contributed by atoms with Crippen LogP contribution >= 0.6 is 0 Å². The standard InChI is InChI=1S/C25H35N5O5/c1-24(2,3)35-22(31)27-13-15-33-21(28-26-4)19-16-25(11-12-25)20-10-14-29(19)23(32)30(20)34-17-18-8-6-5-7-9-18/h5-9,19-20H,4,10-17H2,1-3H3,(H,27,31)/b28-21-/t19-,20-/m0/s1. The fraction of sp³-hybridized carbons (Fsp3) is 0.600. The highest BCUT2D eigenvalue weighted by molar-refractivity contribution is 5.88. The van der Waals surface area contributed by atoms with E-state index in [2.05, 4.69) is 22.2 Å². The molecule has 4 aliphatic rings. The minimum absolute atomic E-state index is 0.0201. The lowest BCUT2D eigenvalue weighted by Crippen LogP contribution is -2.56. The van der Waals surface area contributed by atoms with Crippen LogP contribution in [0.25, 0.3) is 0 Å². The average molecular weight is 486 g/mol. The molecule has 2 atom stereocenters. The zero-order valence-electron chi connectivity index (χ0n) is 20.7. The van der Waals surface area contributed by atoms with Crippen LogP contribution < -0.4 is 5.32 Å². The maximum atomic E-state index is 13.5. The third kappa shape index (κ3) is 5.93. The number of urea groups is 1. The summed E-state index contributed by atoms with van der Waals surface area (Å²) < 4.78 is 11.2. The molecule has 1 N–H and O–H groups in total. The number of hydroxylamine groups is 2. The molecule has 5 rings (SSSR count). The Morgan fingerprint density at radius 3 is 2.66 bits per heavy atom. The molecule has 10 heteroatoms. The Hall–Kier alpha value is -3.14. The van der Waals surface area contributed by atoms with E-state index in [0.29, 0.717) is 19.0 Å². The molecule has 1 saturated carbocycles. The van der Waals surface area contributed by atoms with Crippen molar-refractivity contribution in [2.24, 2.45) is 15.6 Å². The van der Waals surface area contributed by atoms with Crippen LogP contribution in [0.1, 0.15) is 52.0 Å². The molecule has 4 fully saturated rings. The topological polar surface area (TPSA) is 105 Å². The highest BCUT2D eigenvalue weighted by Crippen LogP contribution is 2.58. The summed E-state index contributed by atoms with van der Waals surface area (Å²) in [5.74, 6) is 0.330. The Balaban J connectivity index is 1.42. The molecule has 10 nitrogen and oxygen atoms in total. The number of rotatable bonds is 8. The van der Waals surface area contributed by atoms with Crippen molar-refractivity contribution in [1.82, 2.24) is 15.3 Å². The number of nitrogens with one attached hydrogen (secondary N) is 1. The molecule has 3 saturated heterocycles. The molecule has 3 aliphatic heterocycles. The molecule has 1 aromatic carbocycles. The summed E-state index contributed by atoms with van der Waals surface area (Å²) >= 11 is 0. The zero-order valence-corrected chi connectivity index (χ0v) is 20.7. The van der Waals surface area contributed by atoms with Crippen molar-refractivity contribution < 1.29 is 23.9 Å². The van der Waals surface area contributed by atoms with E-state index in [1.807, 2.05) is 30.3 Å². The van der Waals surface area contributed by atoms with Crippen LogP contribution in [-0.2, 0) is 20.9 Å². The summed E-state index contributed by atoms with van der Waals surface area (Å²) in [6, 6.07) is 9.30. The molecule has 190 valence electrons. The number of fused-ring (bicyclic) bond motifs is 3. The maximum absolute atomic E-state index is 13.5. The number of amides is 3. The molecule has 0 radical (unpaired) electrons. The lowest BCUT2D eigenvalue weighted by Gasteiger charge is -2.40. The Labute approximate surface area is 206 Å². The third-order valence-corrected chi connectivity index (χ3v) is 6.62. The van der Waals surface area contributed by atoms with E-state index in [9.17, 15) is 9.59 Å². The maximum Gasteiger partial charge on any atom is 0.407 e. The number of nitrogens with zero attached hydrogens (tertiary/aromatic N) is 4. The molecule has 3 heterocycles. The van der Waals surface area contributed by atoms with Gasteiger partial charge in [-0.3, -0.25) is 4.84 Å². The lowest BCUT2D eigenvalue weighted by atomic mass is 9.89. The molecule has 35 heavy (non-hydrogen) atoms. The van der Waals surface area contributed by atoms with Gasteiger partial charge in [0.15, 0.2) is 0 Å². The second-order valence-corrected chi connectivity index (χ2v) is 10.3. The summed E-state index contributed by atoms with van der Waals surface area (Å²) in [5, 5.41) is 12.1. The van der Waals surface area contributed by atoms with Crippen LogP contribution in [0.15, 0.2) is 40.5 Å². The molecule has 1 spiro atoms. The first-order chi connectivity index (χ1) is 16.7. The minimum Gasteiger partial charge on any atom is -0.476 e. The fourth-order valence-corrected chi connectivity index (χ4v) is 4.88. The van der Waals surface area contributed by atoms with Crippen molar-refractivity contribution in [1.29, 1.82) is 0 Å². The third-order valence-electron chi connectivity index (χ3n) is 6.62. The van der Waals surface area contributed by atoms with E-state index < -0.39 is 11.7 Å². The monoisotopic (exact) mass is 485 g/mol. The van der Waals surface area contributed by atoms with Gasteiger partial charge in [0.05, 0.1) is 12.6 Å². The lowest BCUT2D eigenvalue weighted by molar-refractivity contribution is -0.180. The van der Waals surface area contributed by atoms with Gasteiger partial charge in [0.1, 0.15) is 24.9 Å². The molecule has 3 amide bonds. The molecule has 1 aliphatic carbocycles. The Morgan fingerprint density at radius 1 is 1.26 bits per heavy atom. The molecule has 1 aromatic rings. The number of ether oxygens (including phenoxy) is 2. The van der Waals surface area contributed by atoms with Gasteiger partial charge < -0.3 is 19.7 Å². The van der Waals surface area contributed by atoms with Crippen LogP contribution in [0.3, 0.4) is 0 Å². The van der Waals surface area contributed by atoms with Crippen molar-refractivity contribution in [3.8, 4) is 0 Å². The van der Waals surface area contributed by atoms with E-state index in [-0.39, 0.29) is 36.7 Å². The fourth-order valence-electron chi connectivity index (χ4n) is 4.88. The normalized spacial score (nSPS) is 23.2. The van der Waals surface area contributed by atoms with Gasteiger partial charge in [-0.25, -0.2) is 9.59 Å².